The van der Waals surface area contributed by atoms with E-state index in [4.69, 9.17) is 4.74 Å². The number of benzene rings is 5. The highest BCUT2D eigenvalue weighted by molar-refractivity contribution is 8.00. The van der Waals surface area contributed by atoms with Gasteiger partial charge in [0, 0.05) is 36.3 Å². The van der Waals surface area contributed by atoms with Gasteiger partial charge in [-0.2, -0.15) is 0 Å². The van der Waals surface area contributed by atoms with Crippen molar-refractivity contribution >= 4 is 57.5 Å². The highest BCUT2D eigenvalue weighted by Crippen LogP contribution is 2.41. The van der Waals surface area contributed by atoms with Crippen molar-refractivity contribution in [2.75, 3.05) is 0 Å². The van der Waals surface area contributed by atoms with E-state index >= 15 is 0 Å². The SMILES string of the molecule is c1ccc(Sc2ccc3c(c2)Sc2cccc4c2B3c2c(cccc2-n2c3c(c5ccccc52)CCCCC3)O4)cc1. The van der Waals surface area contributed by atoms with Gasteiger partial charge in [-0.25, -0.2) is 0 Å². The molecule has 42 heavy (non-hydrogen) atoms. The summed E-state index contributed by atoms with van der Waals surface area (Å²) in [4.78, 5) is 5.17. The molecule has 6 aromatic rings. The smallest absolute Gasteiger partial charge is 0.256 e. The number of nitrogens with zero attached hydrogens (tertiary/aromatic N) is 1. The normalized spacial score (nSPS) is 14.8. The molecule has 202 valence electrons. The number of para-hydroxylation sites is 1. The van der Waals surface area contributed by atoms with Crippen LogP contribution in [0.4, 0.5) is 0 Å². The minimum Gasteiger partial charge on any atom is -0.458 e. The molecule has 2 nitrogen and oxygen atoms in total. The molecule has 3 heterocycles. The molecule has 9 rings (SSSR count). The van der Waals surface area contributed by atoms with Crippen LogP contribution in [0.25, 0.3) is 16.6 Å². The fourth-order valence-corrected chi connectivity index (χ4v) is 9.42. The van der Waals surface area contributed by atoms with Crippen molar-refractivity contribution in [3.05, 3.63) is 120 Å². The van der Waals surface area contributed by atoms with Crippen molar-refractivity contribution in [2.24, 2.45) is 0 Å². The number of fused-ring (bicyclic) bond motifs is 7. The van der Waals surface area contributed by atoms with Gasteiger partial charge in [0.25, 0.3) is 6.71 Å². The van der Waals surface area contributed by atoms with Gasteiger partial charge in [-0.1, -0.05) is 90.0 Å². The number of ether oxygens (including phenoxy) is 1. The van der Waals surface area contributed by atoms with Gasteiger partial charge in [-0.15, -0.1) is 0 Å². The second kappa shape index (κ2) is 9.89. The maximum atomic E-state index is 6.73. The standard InChI is InChI=1S/C37H28BNOS2/c1-3-11-24(12-4-1)41-25-21-22-28-35(23-25)42-34-20-10-19-33-37(34)38(28)36-31(17-9-18-32(36)40-33)39-29-15-6-2-5-13-26(29)27-14-7-8-16-30(27)39/h1,3-4,7-12,14,16-23H,2,5-6,13,15H2. The number of hydrogen-bond acceptors (Lipinski definition) is 3. The molecule has 0 spiro atoms. The van der Waals surface area contributed by atoms with Gasteiger partial charge in [-0.05, 0) is 96.8 Å². The van der Waals surface area contributed by atoms with Crippen LogP contribution < -0.4 is 21.1 Å². The van der Waals surface area contributed by atoms with Gasteiger partial charge in [-0.3, -0.25) is 0 Å². The molecule has 0 radical (unpaired) electrons. The first-order chi connectivity index (χ1) is 20.8. The van der Waals surface area contributed by atoms with E-state index in [0.717, 1.165) is 24.3 Å². The average Bonchev–Trinajstić information content (AvgIpc) is 3.15. The average molecular weight is 578 g/mol. The van der Waals surface area contributed by atoms with Crippen molar-refractivity contribution in [3.63, 3.8) is 0 Å². The van der Waals surface area contributed by atoms with Crippen LogP contribution in [0.1, 0.15) is 30.5 Å². The van der Waals surface area contributed by atoms with E-state index in [2.05, 4.69) is 114 Å². The van der Waals surface area contributed by atoms with Crippen LogP contribution in [0, 0.1) is 0 Å². The first-order valence-corrected chi connectivity index (χ1v) is 16.6. The number of aryl methyl sites for hydroxylation is 1. The van der Waals surface area contributed by atoms with Gasteiger partial charge in [0.15, 0.2) is 0 Å². The summed E-state index contributed by atoms with van der Waals surface area (Å²) in [5.41, 5.74) is 9.57. The van der Waals surface area contributed by atoms with E-state index in [9.17, 15) is 0 Å². The van der Waals surface area contributed by atoms with Crippen LogP contribution in [0.15, 0.2) is 129 Å². The highest BCUT2D eigenvalue weighted by atomic mass is 32.2. The molecule has 0 atom stereocenters. The lowest BCUT2D eigenvalue weighted by molar-refractivity contribution is 0.486. The Morgan fingerprint density at radius 1 is 0.667 bits per heavy atom. The molecule has 0 amide bonds. The maximum Gasteiger partial charge on any atom is 0.256 e. The molecule has 3 aliphatic rings. The molecule has 5 heteroatoms. The van der Waals surface area contributed by atoms with E-state index in [0.29, 0.717) is 0 Å². The van der Waals surface area contributed by atoms with E-state index < -0.39 is 0 Å². The minimum absolute atomic E-state index is 0.116. The van der Waals surface area contributed by atoms with Crippen LogP contribution in [0.2, 0.25) is 0 Å². The van der Waals surface area contributed by atoms with Crippen LogP contribution >= 0.6 is 23.5 Å². The molecular formula is C37H28BNOS2. The molecule has 0 fully saturated rings. The molecule has 1 aliphatic carbocycles. The summed E-state index contributed by atoms with van der Waals surface area (Å²) in [6.45, 7) is 0.116. The van der Waals surface area contributed by atoms with Gasteiger partial charge >= 0.3 is 0 Å². The summed E-state index contributed by atoms with van der Waals surface area (Å²) in [6.07, 6.45) is 6.09. The number of rotatable bonds is 3. The Morgan fingerprint density at radius 3 is 2.40 bits per heavy atom. The summed E-state index contributed by atoms with van der Waals surface area (Å²) < 4.78 is 9.32. The van der Waals surface area contributed by atoms with E-state index in [-0.39, 0.29) is 6.71 Å². The van der Waals surface area contributed by atoms with E-state index in [1.807, 2.05) is 23.5 Å². The molecule has 0 N–H and O–H groups in total. The summed E-state index contributed by atoms with van der Waals surface area (Å²) in [6, 6.07) is 40.0. The molecule has 0 bridgehead atoms. The van der Waals surface area contributed by atoms with Gasteiger partial charge in [0.05, 0.1) is 5.52 Å². The first kappa shape index (κ1) is 24.8. The predicted octanol–water partition coefficient (Wildman–Crippen LogP) is 8.14. The third-order valence-electron chi connectivity index (χ3n) is 9.03. The third-order valence-corrected chi connectivity index (χ3v) is 11.2. The molecular weight excluding hydrogens is 549 g/mol. The van der Waals surface area contributed by atoms with E-state index in [1.165, 1.54) is 77.5 Å². The Labute approximate surface area is 255 Å². The molecule has 0 unspecified atom stereocenters. The predicted molar refractivity (Wildman–Crippen MR) is 177 cm³/mol. The Kier molecular flexibility index (Phi) is 5.84. The van der Waals surface area contributed by atoms with Crippen molar-refractivity contribution in [1.29, 1.82) is 0 Å². The largest absolute Gasteiger partial charge is 0.458 e. The lowest BCUT2D eigenvalue weighted by Crippen LogP contribution is -2.58. The maximum absolute atomic E-state index is 6.73. The van der Waals surface area contributed by atoms with Crippen LogP contribution in [-0.2, 0) is 12.8 Å². The fourth-order valence-electron chi connectivity index (χ4n) is 7.26. The monoisotopic (exact) mass is 577 g/mol. The summed E-state index contributed by atoms with van der Waals surface area (Å²) in [5, 5.41) is 1.41. The fraction of sp³-hybridized carbons (Fsp3) is 0.135. The third kappa shape index (κ3) is 3.83. The van der Waals surface area contributed by atoms with Crippen LogP contribution in [0.3, 0.4) is 0 Å². The summed E-state index contributed by atoms with van der Waals surface area (Å²) in [5.74, 6) is 1.96. The molecule has 0 saturated heterocycles. The van der Waals surface area contributed by atoms with Crippen molar-refractivity contribution in [2.45, 2.75) is 51.7 Å². The van der Waals surface area contributed by atoms with Gasteiger partial charge in [0.1, 0.15) is 11.5 Å². The molecule has 2 aliphatic heterocycles. The van der Waals surface area contributed by atoms with E-state index in [1.54, 1.807) is 5.56 Å². The zero-order valence-corrected chi connectivity index (χ0v) is 24.8. The Hall–Kier alpha value is -3.80. The lowest BCUT2D eigenvalue weighted by Gasteiger charge is -2.34. The van der Waals surface area contributed by atoms with Crippen LogP contribution in [0.5, 0.6) is 11.5 Å². The minimum atomic E-state index is 0.116. The Bertz CT molecular complexity index is 2010. The summed E-state index contributed by atoms with van der Waals surface area (Å²) in [7, 11) is 0. The highest BCUT2D eigenvalue weighted by Gasteiger charge is 2.41. The topological polar surface area (TPSA) is 14.2 Å². The molecule has 5 aromatic carbocycles. The zero-order chi connectivity index (χ0) is 27.6. The second-order valence-electron chi connectivity index (χ2n) is 11.4. The number of hydrogen-bond donors (Lipinski definition) is 0. The van der Waals surface area contributed by atoms with Crippen molar-refractivity contribution < 1.29 is 4.74 Å². The van der Waals surface area contributed by atoms with Crippen molar-refractivity contribution in [1.82, 2.24) is 4.57 Å². The zero-order valence-electron chi connectivity index (χ0n) is 23.2. The van der Waals surface area contributed by atoms with Crippen LogP contribution in [-0.4, -0.2) is 11.3 Å². The molecule has 1 aromatic heterocycles. The lowest BCUT2D eigenvalue weighted by atomic mass is 9.35. The number of aromatic nitrogens is 1. The van der Waals surface area contributed by atoms with Gasteiger partial charge in [0.2, 0.25) is 0 Å². The van der Waals surface area contributed by atoms with Gasteiger partial charge < -0.3 is 9.30 Å². The van der Waals surface area contributed by atoms with Crippen molar-refractivity contribution in [3.8, 4) is 17.2 Å². The summed E-state index contributed by atoms with van der Waals surface area (Å²) >= 11 is 3.71. The second-order valence-corrected chi connectivity index (χ2v) is 13.7. The molecule has 0 saturated carbocycles. The quantitative estimate of drug-likeness (QED) is 0.156. The Morgan fingerprint density at radius 2 is 1.48 bits per heavy atom. The Balaban J connectivity index is 1.27. The first-order valence-electron chi connectivity index (χ1n) is 14.9.